The summed E-state index contributed by atoms with van der Waals surface area (Å²) >= 11 is 3.88. The van der Waals surface area contributed by atoms with Crippen LogP contribution in [0.25, 0.3) is 0 Å². The molecule has 4 unspecified atom stereocenters. The highest BCUT2D eigenvalue weighted by atomic mass is 32.2. The molecule has 12 nitrogen and oxygen atoms in total. The summed E-state index contributed by atoms with van der Waals surface area (Å²) in [5.74, 6) is 4.42. The molecule has 0 fully saturated rings. The Kier molecular flexibility index (Phi) is 31.6. The highest BCUT2D eigenvalue weighted by molar-refractivity contribution is 7.99. The fourth-order valence-electron chi connectivity index (χ4n) is 9.81. The van der Waals surface area contributed by atoms with Crippen LogP contribution in [-0.2, 0) is 55.6 Å². The van der Waals surface area contributed by atoms with Crippen LogP contribution in [0.1, 0.15) is 187 Å². The lowest BCUT2D eigenvalue weighted by molar-refractivity contribution is 0.0779. The molecule has 0 amide bonds. The highest BCUT2D eigenvalue weighted by Crippen LogP contribution is 2.39. The summed E-state index contributed by atoms with van der Waals surface area (Å²) < 4.78 is 10.7. The van der Waals surface area contributed by atoms with Crippen molar-refractivity contribution >= 4 is 34.9 Å². The number of benzene rings is 1. The Hall–Kier alpha value is -6.74. The van der Waals surface area contributed by atoms with Gasteiger partial charge in [-0.25, -0.2) is 0 Å². The van der Waals surface area contributed by atoms with E-state index in [4.69, 9.17) is 9.47 Å². The largest absolute Gasteiger partial charge is 0.491 e. The van der Waals surface area contributed by atoms with Gasteiger partial charge >= 0.3 is 0 Å². The number of thioether (sulfide) groups is 2. The first-order valence-electron chi connectivity index (χ1n) is 30.8. The summed E-state index contributed by atoms with van der Waals surface area (Å²) in [5, 5.41) is 7.15. The van der Waals surface area contributed by atoms with Crippen LogP contribution < -0.4 is 15.4 Å². The van der Waals surface area contributed by atoms with Gasteiger partial charge in [-0.3, -0.25) is 39.9 Å². The van der Waals surface area contributed by atoms with Gasteiger partial charge in [0, 0.05) is 120 Å². The Labute approximate surface area is 512 Å². The summed E-state index contributed by atoms with van der Waals surface area (Å²) in [7, 11) is 0. The molecule has 7 aromatic heterocycles. The van der Waals surface area contributed by atoms with Gasteiger partial charge in [0.05, 0.1) is 64.9 Å². The Morgan fingerprint density at radius 1 is 0.429 bits per heavy atom. The van der Waals surface area contributed by atoms with Crippen molar-refractivity contribution in [2.75, 3.05) is 36.1 Å². The summed E-state index contributed by atoms with van der Waals surface area (Å²) in [6.07, 6.45) is 24.3. The predicted molar refractivity (Wildman–Crippen MR) is 354 cm³/mol. The molecule has 0 bridgehead atoms. The van der Waals surface area contributed by atoms with E-state index in [9.17, 15) is 0 Å². The van der Waals surface area contributed by atoms with Gasteiger partial charge in [-0.2, -0.15) is 0 Å². The van der Waals surface area contributed by atoms with Gasteiger partial charge in [0.25, 0.3) is 0 Å². The second kappa shape index (κ2) is 39.0. The maximum absolute atomic E-state index is 5.36. The number of aryl methyl sites for hydroxylation is 4. The van der Waals surface area contributed by atoms with E-state index >= 15 is 0 Å². The molecule has 0 radical (unpaired) electrons. The fraction of sp³-hybridized carbons (Fsp3) is 0.429. The molecule has 2 aliphatic carbocycles. The zero-order chi connectivity index (χ0) is 60.3. The number of anilines is 2. The first-order chi connectivity index (χ1) is 41.4. The molecule has 6 aliphatic heterocycles. The van der Waals surface area contributed by atoms with E-state index in [0.29, 0.717) is 17.1 Å². The molecule has 0 saturated carbocycles. The molecule has 2 N–H and O–H groups in total. The highest BCUT2D eigenvalue weighted by Gasteiger charge is 2.22. The van der Waals surface area contributed by atoms with Crippen molar-refractivity contribution in [3.63, 3.8) is 0 Å². The van der Waals surface area contributed by atoms with Crippen molar-refractivity contribution in [2.24, 2.45) is 0 Å². The van der Waals surface area contributed by atoms with Gasteiger partial charge in [-0.05, 0) is 136 Å². The van der Waals surface area contributed by atoms with Crippen LogP contribution in [0.3, 0.4) is 0 Å². The predicted octanol–water partition coefficient (Wildman–Crippen LogP) is 17.3. The van der Waals surface area contributed by atoms with Gasteiger partial charge < -0.3 is 20.1 Å². The number of pyridine rings is 6. The van der Waals surface area contributed by atoms with Crippen LogP contribution in [0.2, 0.25) is 0 Å². The quantitative estimate of drug-likeness (QED) is 0.148. The number of ether oxygens (including phenoxy) is 2. The maximum atomic E-state index is 5.36. The molecule has 8 aromatic rings. The second-order valence-corrected chi connectivity index (χ2v) is 21.9. The molecule has 1 aromatic carbocycles. The number of nitrogens with one attached hydrogen (secondary N) is 2. The lowest BCUT2D eigenvalue weighted by atomic mass is 10.1. The van der Waals surface area contributed by atoms with Gasteiger partial charge in [0.2, 0.25) is 0 Å². The monoisotopic (exact) mass is 1170 g/mol. The van der Waals surface area contributed by atoms with E-state index < -0.39 is 0 Å². The van der Waals surface area contributed by atoms with Crippen molar-refractivity contribution in [2.45, 2.75) is 175 Å². The van der Waals surface area contributed by atoms with Crippen LogP contribution in [0.4, 0.5) is 11.4 Å². The first-order valence-corrected chi connectivity index (χ1v) is 32.9. The number of nitrogens with zero attached hydrogens (tertiary/aromatic N) is 8. The number of rotatable bonds is 0. The molecule has 13 heterocycles. The fourth-order valence-corrected chi connectivity index (χ4v) is 12.0. The Balaban J connectivity index is 0.000000173. The van der Waals surface area contributed by atoms with Crippen molar-refractivity contribution in [3.8, 4) is 5.75 Å². The third kappa shape index (κ3) is 20.8. The molecule has 84 heavy (non-hydrogen) atoms. The molecule has 4 atom stereocenters. The average Bonchev–Trinajstić information content (AvgIpc) is 4.53. The number of hydrogen-bond acceptors (Lipinski definition) is 14. The summed E-state index contributed by atoms with van der Waals surface area (Å²) in [6.45, 7) is 28.3. The minimum atomic E-state index is 0.191. The molecule has 14 heteroatoms. The van der Waals surface area contributed by atoms with Gasteiger partial charge in [0.1, 0.15) is 5.75 Å². The van der Waals surface area contributed by atoms with E-state index in [1.165, 1.54) is 111 Å². The lowest BCUT2D eigenvalue weighted by Crippen LogP contribution is -1.94. The van der Waals surface area contributed by atoms with E-state index in [-0.39, 0.29) is 6.10 Å². The average molecular weight is 1170 g/mol. The van der Waals surface area contributed by atoms with E-state index in [2.05, 4.69) is 126 Å². The van der Waals surface area contributed by atoms with Crippen LogP contribution >= 0.6 is 23.5 Å². The Morgan fingerprint density at radius 3 is 1.61 bits per heavy atom. The standard InChI is InChI=1S/2C8H9NO.2C8H9NS.2C8H9N.2C7H8N2.4C2H6/c1-6-8-7(5-10-6)3-2-4-9-8;1-6-5-10-7-3-2-4-9-8(6)7;1-6-8-7(5-10-6)3-2-4-9-8;1-6-5-10-7-3-2-4-9-8(6)7;1-3-7-4-2-6-9-8(7)5-1;1-2-4-8-7(3-1)5-6-9-8;1-2-6-7(8-4-1)3-5-9-6;1-2-6-7(3-1)9-5-4-8-6;4*1-2/h4*2-4,6H,5H2,1H3;2,4,6H,1,3,5H2;1-4,9H,5-6H2;1-2,4,9H,3,5H2;4-5H,1-3H2;4*1-2H3. The molecule has 16 rings (SSSR count). The molecular formula is C70H94N10O2S2. The van der Waals surface area contributed by atoms with E-state index in [1.54, 1.807) is 12.4 Å². The van der Waals surface area contributed by atoms with Crippen molar-refractivity contribution in [1.82, 2.24) is 39.9 Å². The molecule has 0 saturated heterocycles. The zero-order valence-corrected chi connectivity index (χ0v) is 53.9. The topological polar surface area (TPSA) is 146 Å². The Morgan fingerprint density at radius 2 is 0.952 bits per heavy atom. The maximum Gasteiger partial charge on any atom is 0.141 e. The van der Waals surface area contributed by atoms with Gasteiger partial charge in [0.15, 0.2) is 0 Å². The third-order valence-electron chi connectivity index (χ3n) is 13.9. The molecular weight excluding hydrogens is 1080 g/mol. The molecule has 0 spiro atoms. The van der Waals surface area contributed by atoms with Crippen LogP contribution in [0, 0.1) is 0 Å². The summed E-state index contributed by atoms with van der Waals surface area (Å²) in [6, 6.07) is 32.9. The number of fused-ring (bicyclic) bond motifs is 8. The van der Waals surface area contributed by atoms with Gasteiger partial charge in [-0.15, -0.1) is 23.5 Å². The van der Waals surface area contributed by atoms with Gasteiger partial charge in [-0.1, -0.05) is 106 Å². The molecule has 8 aliphatic rings. The van der Waals surface area contributed by atoms with Crippen LogP contribution in [0.15, 0.2) is 152 Å². The Bertz CT molecular complexity index is 2600. The van der Waals surface area contributed by atoms with Crippen LogP contribution in [0.5, 0.6) is 5.75 Å². The van der Waals surface area contributed by atoms with E-state index in [0.717, 1.165) is 68.5 Å². The molecule has 448 valence electrons. The normalized spacial score (nSPS) is 17.5. The smallest absolute Gasteiger partial charge is 0.141 e. The minimum Gasteiger partial charge on any atom is -0.491 e. The van der Waals surface area contributed by atoms with Crippen molar-refractivity contribution in [3.05, 3.63) is 214 Å². The SMILES string of the molecule is CC.CC.CC.CC.CC1COc2cccnc21.CC1CSc2cccnc21.CC1OCc2cccnc21.CC1SCc2cccnc21.c1ccc2c(c1)CCN2.c1cnc2c(c1)CCC2.c1cnc2c(c1)NCC2.c1cnc2c(n1)CCC2. The number of aromatic nitrogens is 8. The van der Waals surface area contributed by atoms with Crippen molar-refractivity contribution in [1.29, 1.82) is 0 Å². The second-order valence-electron chi connectivity index (χ2n) is 19.5. The summed E-state index contributed by atoms with van der Waals surface area (Å²) in [5.41, 5.74) is 17.8. The van der Waals surface area contributed by atoms with E-state index in [1.807, 2.05) is 165 Å². The third-order valence-corrected chi connectivity index (χ3v) is 16.5. The minimum absolute atomic E-state index is 0.191. The zero-order valence-electron chi connectivity index (χ0n) is 52.3. The summed E-state index contributed by atoms with van der Waals surface area (Å²) in [4.78, 5) is 35.3. The van der Waals surface area contributed by atoms with Crippen LogP contribution in [-0.4, -0.2) is 65.3 Å². The lowest BCUT2D eigenvalue weighted by Gasteiger charge is -1.99. The number of para-hydroxylation sites is 1. The number of hydrogen-bond donors (Lipinski definition) is 2. The first kappa shape index (κ1) is 68.0. The van der Waals surface area contributed by atoms with Crippen molar-refractivity contribution < 1.29 is 9.47 Å².